The second-order valence-electron chi connectivity index (χ2n) is 5.11. The first-order valence-corrected chi connectivity index (χ1v) is 6.76. The fourth-order valence-electron chi connectivity index (χ4n) is 2.43. The SMILES string of the molecule is CCCCCCC(C)(CN)N1CCOCC1. The Kier molecular flexibility index (Phi) is 6.32. The molecule has 2 N–H and O–H groups in total. The first kappa shape index (κ1) is 13.9. The second kappa shape index (κ2) is 7.25. The summed E-state index contributed by atoms with van der Waals surface area (Å²) in [5.41, 5.74) is 6.16. The summed E-state index contributed by atoms with van der Waals surface area (Å²) in [6, 6.07) is 0. The van der Waals surface area contributed by atoms with Crippen LogP contribution in [-0.2, 0) is 4.74 Å². The number of hydrogen-bond donors (Lipinski definition) is 1. The molecule has 3 nitrogen and oxygen atoms in total. The highest BCUT2D eigenvalue weighted by Crippen LogP contribution is 2.22. The summed E-state index contributed by atoms with van der Waals surface area (Å²) in [6.45, 7) is 9.14. The van der Waals surface area contributed by atoms with Crippen LogP contribution < -0.4 is 5.73 Å². The summed E-state index contributed by atoms with van der Waals surface area (Å²) in [4.78, 5) is 2.52. The third-order valence-electron chi connectivity index (χ3n) is 3.78. The van der Waals surface area contributed by atoms with Gasteiger partial charge in [-0.25, -0.2) is 0 Å². The van der Waals surface area contributed by atoms with E-state index in [9.17, 15) is 0 Å². The molecule has 3 heteroatoms. The highest BCUT2D eigenvalue weighted by molar-refractivity contribution is 4.88. The normalized spacial score (nSPS) is 21.9. The van der Waals surface area contributed by atoms with Gasteiger partial charge in [0.15, 0.2) is 0 Å². The second-order valence-corrected chi connectivity index (χ2v) is 5.11. The van der Waals surface area contributed by atoms with Crippen molar-refractivity contribution in [1.29, 1.82) is 0 Å². The van der Waals surface area contributed by atoms with Crippen molar-refractivity contribution in [2.75, 3.05) is 32.8 Å². The maximum Gasteiger partial charge on any atom is 0.0594 e. The van der Waals surface area contributed by atoms with Crippen LogP contribution in [0.2, 0.25) is 0 Å². The number of hydrogen-bond acceptors (Lipinski definition) is 3. The monoisotopic (exact) mass is 228 g/mol. The number of rotatable bonds is 7. The molecule has 1 rings (SSSR count). The van der Waals surface area contributed by atoms with Crippen LogP contribution >= 0.6 is 0 Å². The molecule has 1 aliphatic heterocycles. The molecule has 1 fully saturated rings. The summed E-state index contributed by atoms with van der Waals surface area (Å²) in [7, 11) is 0. The zero-order chi connectivity index (χ0) is 11.9. The van der Waals surface area contributed by atoms with E-state index in [2.05, 4.69) is 18.7 Å². The molecule has 0 bridgehead atoms. The van der Waals surface area contributed by atoms with Gasteiger partial charge in [-0.05, 0) is 13.3 Å². The van der Waals surface area contributed by atoms with Gasteiger partial charge in [0, 0.05) is 25.2 Å². The van der Waals surface area contributed by atoms with Crippen molar-refractivity contribution in [3.05, 3.63) is 0 Å². The van der Waals surface area contributed by atoms with Gasteiger partial charge in [-0.2, -0.15) is 0 Å². The lowest BCUT2D eigenvalue weighted by Gasteiger charge is -2.43. The maximum absolute atomic E-state index is 5.97. The zero-order valence-electron chi connectivity index (χ0n) is 11.0. The van der Waals surface area contributed by atoms with Crippen molar-refractivity contribution in [3.8, 4) is 0 Å². The molecule has 0 aromatic heterocycles. The third kappa shape index (κ3) is 4.04. The molecule has 0 saturated carbocycles. The summed E-state index contributed by atoms with van der Waals surface area (Å²) in [6.07, 6.45) is 6.53. The Labute approximate surface area is 100 Å². The van der Waals surface area contributed by atoms with Gasteiger partial charge in [0.1, 0.15) is 0 Å². The number of morpholine rings is 1. The molecule has 0 aliphatic carbocycles. The van der Waals surface area contributed by atoms with E-state index in [1.807, 2.05) is 0 Å². The van der Waals surface area contributed by atoms with Crippen LogP contribution in [0.4, 0.5) is 0 Å². The molecule has 1 unspecified atom stereocenters. The van der Waals surface area contributed by atoms with Crippen molar-refractivity contribution in [2.24, 2.45) is 5.73 Å². The third-order valence-corrected chi connectivity index (χ3v) is 3.78. The molecule has 0 radical (unpaired) electrons. The average Bonchev–Trinajstić information content (AvgIpc) is 2.35. The van der Waals surface area contributed by atoms with Crippen LogP contribution in [0.5, 0.6) is 0 Å². The first-order valence-electron chi connectivity index (χ1n) is 6.76. The van der Waals surface area contributed by atoms with Crippen LogP contribution in [-0.4, -0.2) is 43.3 Å². The largest absolute Gasteiger partial charge is 0.379 e. The topological polar surface area (TPSA) is 38.5 Å². The summed E-state index contributed by atoms with van der Waals surface area (Å²) in [5.74, 6) is 0. The van der Waals surface area contributed by atoms with Crippen LogP contribution in [0.15, 0.2) is 0 Å². The van der Waals surface area contributed by atoms with Gasteiger partial charge in [0.05, 0.1) is 13.2 Å². The predicted octanol–water partition coefficient (Wildman–Crippen LogP) is 2.01. The standard InChI is InChI=1S/C13H28N2O/c1-3-4-5-6-7-13(2,12-14)15-8-10-16-11-9-15/h3-12,14H2,1-2H3. The van der Waals surface area contributed by atoms with Gasteiger partial charge in [-0.1, -0.05) is 32.6 Å². The molecule has 1 aliphatic rings. The Morgan fingerprint density at radius 3 is 2.44 bits per heavy atom. The summed E-state index contributed by atoms with van der Waals surface area (Å²) < 4.78 is 5.40. The molecule has 0 amide bonds. The lowest BCUT2D eigenvalue weighted by molar-refractivity contribution is -0.0169. The average molecular weight is 228 g/mol. The molecule has 16 heavy (non-hydrogen) atoms. The van der Waals surface area contributed by atoms with Crippen LogP contribution in [0.3, 0.4) is 0 Å². The van der Waals surface area contributed by atoms with Crippen molar-refractivity contribution in [1.82, 2.24) is 4.90 Å². The van der Waals surface area contributed by atoms with Crippen molar-refractivity contribution in [2.45, 2.75) is 51.5 Å². The lowest BCUT2D eigenvalue weighted by Crippen LogP contribution is -2.55. The smallest absolute Gasteiger partial charge is 0.0594 e. The van der Waals surface area contributed by atoms with Crippen molar-refractivity contribution >= 4 is 0 Å². The molecular weight excluding hydrogens is 200 g/mol. The van der Waals surface area contributed by atoms with E-state index in [4.69, 9.17) is 10.5 Å². The number of nitrogens with two attached hydrogens (primary N) is 1. The van der Waals surface area contributed by atoms with Gasteiger partial charge >= 0.3 is 0 Å². The predicted molar refractivity (Wildman–Crippen MR) is 68.6 cm³/mol. The fourth-order valence-corrected chi connectivity index (χ4v) is 2.43. The fraction of sp³-hybridized carbons (Fsp3) is 1.00. The Bertz CT molecular complexity index is 181. The van der Waals surface area contributed by atoms with Gasteiger partial charge in [0.25, 0.3) is 0 Å². The molecule has 1 atom stereocenters. The Hall–Kier alpha value is -0.120. The minimum atomic E-state index is 0.192. The van der Waals surface area contributed by atoms with Gasteiger partial charge < -0.3 is 10.5 Å². The first-order chi connectivity index (χ1) is 7.73. The van der Waals surface area contributed by atoms with E-state index in [-0.39, 0.29) is 5.54 Å². The molecule has 0 aromatic carbocycles. The lowest BCUT2D eigenvalue weighted by atomic mass is 9.91. The van der Waals surface area contributed by atoms with Crippen LogP contribution in [0.25, 0.3) is 0 Å². The van der Waals surface area contributed by atoms with Gasteiger partial charge in [-0.15, -0.1) is 0 Å². The van der Waals surface area contributed by atoms with E-state index in [0.29, 0.717) is 0 Å². The van der Waals surface area contributed by atoms with E-state index in [0.717, 1.165) is 32.8 Å². The minimum Gasteiger partial charge on any atom is -0.379 e. The Morgan fingerprint density at radius 2 is 1.88 bits per heavy atom. The molecule has 1 saturated heterocycles. The van der Waals surface area contributed by atoms with Crippen LogP contribution in [0, 0.1) is 0 Å². The molecular formula is C13H28N2O. The minimum absolute atomic E-state index is 0.192. The van der Waals surface area contributed by atoms with Gasteiger partial charge in [-0.3, -0.25) is 4.90 Å². The highest BCUT2D eigenvalue weighted by atomic mass is 16.5. The van der Waals surface area contributed by atoms with Gasteiger partial charge in [0.2, 0.25) is 0 Å². The molecule has 1 heterocycles. The van der Waals surface area contributed by atoms with Crippen molar-refractivity contribution < 1.29 is 4.74 Å². The Balaban J connectivity index is 2.35. The number of unbranched alkanes of at least 4 members (excludes halogenated alkanes) is 3. The van der Waals surface area contributed by atoms with E-state index < -0.39 is 0 Å². The molecule has 0 aromatic rings. The Morgan fingerprint density at radius 1 is 1.19 bits per heavy atom. The van der Waals surface area contributed by atoms with E-state index in [1.165, 1.54) is 32.1 Å². The highest BCUT2D eigenvalue weighted by Gasteiger charge is 2.30. The van der Waals surface area contributed by atoms with Crippen molar-refractivity contribution in [3.63, 3.8) is 0 Å². The quantitative estimate of drug-likeness (QED) is 0.677. The number of nitrogens with zero attached hydrogens (tertiary/aromatic N) is 1. The molecule has 96 valence electrons. The maximum atomic E-state index is 5.97. The number of ether oxygens (including phenoxy) is 1. The van der Waals surface area contributed by atoms with E-state index >= 15 is 0 Å². The summed E-state index contributed by atoms with van der Waals surface area (Å²) >= 11 is 0. The van der Waals surface area contributed by atoms with Crippen LogP contribution in [0.1, 0.15) is 46.0 Å². The molecule has 0 spiro atoms. The summed E-state index contributed by atoms with van der Waals surface area (Å²) in [5, 5.41) is 0. The zero-order valence-corrected chi connectivity index (χ0v) is 11.0. The van der Waals surface area contributed by atoms with E-state index in [1.54, 1.807) is 0 Å².